The van der Waals surface area contributed by atoms with Crippen LogP contribution in [-0.4, -0.2) is 35.7 Å². The fraction of sp³-hybridized carbons (Fsp3) is 0.375. The molecular weight excluding hydrogens is 535 g/mol. The van der Waals surface area contributed by atoms with Crippen LogP contribution in [0.4, 0.5) is 18.9 Å². The molecule has 0 saturated carbocycles. The SMILES string of the molecule is Cc1cc2c(c(-c3cc(F)c4c(c3C)CCCO4)c1[C@H](OC(C)(C)C)C(=O)O)CCN2C(=O)c1cc(F)cc(F)c1. The van der Waals surface area contributed by atoms with E-state index in [1.54, 1.807) is 33.8 Å². The highest BCUT2D eigenvalue weighted by atomic mass is 19.1. The minimum Gasteiger partial charge on any atom is -0.490 e. The fourth-order valence-corrected chi connectivity index (χ4v) is 5.89. The summed E-state index contributed by atoms with van der Waals surface area (Å²) in [5.41, 5.74) is 3.50. The lowest BCUT2D eigenvalue weighted by Crippen LogP contribution is -2.30. The molecule has 0 aromatic heterocycles. The zero-order valence-corrected chi connectivity index (χ0v) is 23.7. The summed E-state index contributed by atoms with van der Waals surface area (Å²) in [7, 11) is 0. The monoisotopic (exact) mass is 567 g/mol. The van der Waals surface area contributed by atoms with E-state index in [1.165, 1.54) is 11.0 Å². The second kappa shape index (κ2) is 10.5. The number of fused-ring (bicyclic) bond motifs is 2. The van der Waals surface area contributed by atoms with Crippen molar-refractivity contribution in [2.45, 2.75) is 65.6 Å². The van der Waals surface area contributed by atoms with Crippen molar-refractivity contribution in [1.29, 1.82) is 0 Å². The number of benzene rings is 3. The first kappa shape index (κ1) is 28.7. The molecule has 0 unspecified atom stereocenters. The Morgan fingerprint density at radius 1 is 1.00 bits per heavy atom. The molecule has 1 amide bonds. The highest BCUT2D eigenvalue weighted by Gasteiger charge is 2.37. The van der Waals surface area contributed by atoms with Gasteiger partial charge in [-0.2, -0.15) is 0 Å². The molecule has 5 rings (SSSR count). The van der Waals surface area contributed by atoms with Gasteiger partial charge < -0.3 is 19.5 Å². The van der Waals surface area contributed by atoms with E-state index in [2.05, 4.69) is 0 Å². The molecule has 0 spiro atoms. The second-order valence-corrected chi connectivity index (χ2v) is 11.6. The fourth-order valence-electron chi connectivity index (χ4n) is 5.89. The average Bonchev–Trinajstić information content (AvgIpc) is 3.30. The minimum atomic E-state index is -1.38. The van der Waals surface area contributed by atoms with E-state index < -0.39 is 41.0 Å². The van der Waals surface area contributed by atoms with Crippen molar-refractivity contribution < 1.29 is 37.3 Å². The molecule has 3 aromatic carbocycles. The standard InChI is InChI=1S/C32H32F3NO5/c1-16-11-25-22(8-9-36(25)30(37)18-12-19(33)14-20(34)13-18)27(26(16)29(31(38)39)41-32(3,4)5)23-15-24(35)28-21(17(23)2)7-6-10-40-28/h11-15,29H,6-10H2,1-5H3,(H,38,39)/t29-/m0/s1. The summed E-state index contributed by atoms with van der Waals surface area (Å²) >= 11 is 0. The summed E-state index contributed by atoms with van der Waals surface area (Å²) in [6.45, 7) is 9.44. The van der Waals surface area contributed by atoms with Crippen LogP contribution < -0.4 is 9.64 Å². The van der Waals surface area contributed by atoms with Crippen LogP contribution in [0.1, 0.15) is 71.5 Å². The zero-order chi connectivity index (χ0) is 29.8. The Morgan fingerprint density at radius 2 is 1.68 bits per heavy atom. The number of hydrogen-bond acceptors (Lipinski definition) is 4. The molecule has 6 nitrogen and oxygen atoms in total. The van der Waals surface area contributed by atoms with Crippen LogP contribution in [0.5, 0.6) is 5.75 Å². The van der Waals surface area contributed by atoms with Crippen LogP contribution in [-0.2, 0) is 22.4 Å². The van der Waals surface area contributed by atoms with Gasteiger partial charge in [-0.3, -0.25) is 4.79 Å². The first-order chi connectivity index (χ1) is 19.3. The number of anilines is 1. The first-order valence-corrected chi connectivity index (χ1v) is 13.6. The first-order valence-electron chi connectivity index (χ1n) is 13.6. The van der Waals surface area contributed by atoms with Gasteiger partial charge in [-0.25, -0.2) is 18.0 Å². The predicted molar refractivity (Wildman–Crippen MR) is 148 cm³/mol. The predicted octanol–water partition coefficient (Wildman–Crippen LogP) is 6.86. The Hall–Kier alpha value is -3.85. The zero-order valence-electron chi connectivity index (χ0n) is 23.7. The summed E-state index contributed by atoms with van der Waals surface area (Å²) in [4.78, 5) is 27.6. The van der Waals surface area contributed by atoms with Gasteiger partial charge >= 0.3 is 5.97 Å². The lowest BCUT2D eigenvalue weighted by Gasteiger charge is -2.30. The summed E-state index contributed by atoms with van der Waals surface area (Å²) in [6.07, 6.45) is 0.253. The third kappa shape index (κ3) is 5.30. The van der Waals surface area contributed by atoms with Gasteiger partial charge in [0, 0.05) is 35.0 Å². The number of aliphatic carboxylic acids is 1. The molecule has 0 aliphatic carbocycles. The minimum absolute atomic E-state index is 0.147. The molecule has 0 bridgehead atoms. The van der Waals surface area contributed by atoms with Gasteiger partial charge in [-0.1, -0.05) is 0 Å². The Balaban J connectivity index is 1.78. The number of carboxylic acids is 1. The smallest absolute Gasteiger partial charge is 0.337 e. The third-order valence-electron chi connectivity index (χ3n) is 7.55. The van der Waals surface area contributed by atoms with Crippen LogP contribution in [0.15, 0.2) is 30.3 Å². The molecular formula is C32H32F3NO5. The van der Waals surface area contributed by atoms with Crippen LogP contribution in [0.2, 0.25) is 0 Å². The summed E-state index contributed by atoms with van der Waals surface area (Å²) in [5.74, 6) is -3.88. The van der Waals surface area contributed by atoms with E-state index in [1.807, 2.05) is 6.92 Å². The van der Waals surface area contributed by atoms with Gasteiger partial charge in [0.1, 0.15) is 11.6 Å². The van der Waals surface area contributed by atoms with Gasteiger partial charge in [0.15, 0.2) is 17.7 Å². The number of halogens is 3. The van der Waals surface area contributed by atoms with Crippen LogP contribution >= 0.6 is 0 Å². The van der Waals surface area contributed by atoms with Crippen LogP contribution in [0.25, 0.3) is 11.1 Å². The number of rotatable bonds is 5. The summed E-state index contributed by atoms with van der Waals surface area (Å²) < 4.78 is 55.1. The lowest BCUT2D eigenvalue weighted by molar-refractivity contribution is -0.160. The van der Waals surface area contributed by atoms with Gasteiger partial charge in [-0.15, -0.1) is 0 Å². The van der Waals surface area contributed by atoms with Crippen LogP contribution in [0, 0.1) is 31.3 Å². The molecule has 3 aromatic rings. The van der Waals surface area contributed by atoms with Crippen molar-refractivity contribution in [3.8, 4) is 16.9 Å². The second-order valence-electron chi connectivity index (χ2n) is 11.6. The number of hydrogen-bond donors (Lipinski definition) is 1. The van der Waals surface area contributed by atoms with E-state index in [0.29, 0.717) is 65.4 Å². The molecule has 0 radical (unpaired) electrons. The molecule has 9 heteroatoms. The average molecular weight is 568 g/mol. The Bertz CT molecular complexity index is 1560. The number of carbonyl (C=O) groups is 2. The Kier molecular flexibility index (Phi) is 7.36. The topological polar surface area (TPSA) is 76.1 Å². The quantitative estimate of drug-likeness (QED) is 0.365. The van der Waals surface area contributed by atoms with Gasteiger partial charge in [0.05, 0.1) is 12.2 Å². The number of amides is 1. The van der Waals surface area contributed by atoms with Crippen molar-refractivity contribution in [1.82, 2.24) is 0 Å². The van der Waals surface area contributed by atoms with E-state index in [-0.39, 0.29) is 17.9 Å². The molecule has 0 saturated heterocycles. The highest BCUT2D eigenvalue weighted by molar-refractivity contribution is 6.08. The lowest BCUT2D eigenvalue weighted by atomic mass is 9.83. The maximum absolute atomic E-state index is 15.5. The van der Waals surface area contributed by atoms with Crippen LogP contribution in [0.3, 0.4) is 0 Å². The molecule has 1 atom stereocenters. The van der Waals surface area contributed by atoms with Gasteiger partial charge in [0.25, 0.3) is 5.91 Å². The molecule has 41 heavy (non-hydrogen) atoms. The summed E-state index contributed by atoms with van der Waals surface area (Å²) in [6, 6.07) is 5.71. The normalized spacial score (nSPS) is 15.3. The van der Waals surface area contributed by atoms with E-state index >= 15 is 4.39 Å². The number of carboxylic acid groups (broad SMARTS) is 1. The molecule has 2 aliphatic heterocycles. The van der Waals surface area contributed by atoms with Crippen molar-refractivity contribution in [2.75, 3.05) is 18.1 Å². The highest BCUT2D eigenvalue weighted by Crippen LogP contribution is 2.47. The summed E-state index contributed by atoms with van der Waals surface area (Å²) in [5, 5.41) is 10.3. The maximum Gasteiger partial charge on any atom is 0.337 e. The Labute approximate surface area is 236 Å². The molecule has 2 aliphatic rings. The van der Waals surface area contributed by atoms with Crippen molar-refractivity contribution in [2.24, 2.45) is 0 Å². The van der Waals surface area contributed by atoms with Crippen molar-refractivity contribution in [3.63, 3.8) is 0 Å². The molecule has 0 fully saturated rings. The van der Waals surface area contributed by atoms with Crippen molar-refractivity contribution in [3.05, 3.63) is 81.2 Å². The number of nitrogens with zero attached hydrogens (tertiary/aromatic N) is 1. The van der Waals surface area contributed by atoms with E-state index in [9.17, 15) is 23.5 Å². The van der Waals surface area contributed by atoms with Crippen molar-refractivity contribution >= 4 is 17.6 Å². The third-order valence-corrected chi connectivity index (χ3v) is 7.55. The Morgan fingerprint density at radius 3 is 2.32 bits per heavy atom. The maximum atomic E-state index is 15.5. The van der Waals surface area contributed by atoms with E-state index in [0.717, 1.165) is 23.3 Å². The number of ether oxygens (including phenoxy) is 2. The molecule has 2 heterocycles. The number of aryl methyl sites for hydroxylation is 1. The van der Waals surface area contributed by atoms with Gasteiger partial charge in [-0.05, 0) is 106 Å². The largest absolute Gasteiger partial charge is 0.490 e. The van der Waals surface area contributed by atoms with Gasteiger partial charge in [0.2, 0.25) is 0 Å². The molecule has 216 valence electrons. The number of carbonyl (C=O) groups excluding carboxylic acids is 1. The van der Waals surface area contributed by atoms with E-state index in [4.69, 9.17) is 9.47 Å². The molecule has 1 N–H and O–H groups in total.